The van der Waals surface area contributed by atoms with E-state index in [-0.39, 0.29) is 51.5 Å². The van der Waals surface area contributed by atoms with E-state index < -0.39 is 36.0 Å². The van der Waals surface area contributed by atoms with Crippen LogP contribution in [0.15, 0.2) is 42.5 Å². The number of hydrogen-bond donors (Lipinski definition) is 2. The molecule has 0 aromatic heterocycles. The maximum atomic E-state index is 12.9. The Kier molecular flexibility index (Phi) is 9.22. The topological polar surface area (TPSA) is 131 Å². The van der Waals surface area contributed by atoms with Crippen molar-refractivity contribution in [3.63, 3.8) is 0 Å². The van der Waals surface area contributed by atoms with Gasteiger partial charge >= 0.3 is 5.97 Å². The average Bonchev–Trinajstić information content (AvgIpc) is 3.39. The molecule has 2 heterocycles. The number of carboxylic acid groups (broad SMARTS) is 1. The Morgan fingerprint density at radius 1 is 1.03 bits per heavy atom. The van der Waals surface area contributed by atoms with Gasteiger partial charge in [0.25, 0.3) is 11.8 Å². The minimum absolute atomic E-state index is 0.0158. The van der Waals surface area contributed by atoms with Crippen molar-refractivity contribution < 1.29 is 38.5 Å². The third-order valence-electron chi connectivity index (χ3n) is 6.33. The first-order valence-corrected chi connectivity index (χ1v) is 12.7. The normalized spacial score (nSPS) is 20.2. The lowest BCUT2D eigenvalue weighted by atomic mass is 10.0. The molecule has 0 aliphatic carbocycles. The fourth-order valence-corrected chi connectivity index (χ4v) is 4.67. The standard InChI is InChI=1S/C26H26Cl2N2O8/c27-19-2-1-3-20(28)18(19)13-36-17-6-4-15(5-7-17)12-21(26(34)35)29-24(32)22-23(38-14-37-22)25(33)30-10-8-16(31)9-11-30/h1-7,21-23H,8-14H2,(H,29,32)(H,34,35)/t21?,22-,23-/m1/s1. The van der Waals surface area contributed by atoms with Gasteiger partial charge in [0.15, 0.2) is 12.2 Å². The first-order chi connectivity index (χ1) is 18.2. The second-order valence-corrected chi connectivity index (χ2v) is 9.71. The molecule has 202 valence electrons. The SMILES string of the molecule is O=C1CCN(C(=O)[C@@H]2OCO[C@H]2C(=O)NC(Cc2ccc(OCc3c(Cl)cccc3Cl)cc2)C(=O)O)CC1. The van der Waals surface area contributed by atoms with Crippen LogP contribution < -0.4 is 10.1 Å². The highest BCUT2D eigenvalue weighted by molar-refractivity contribution is 6.35. The summed E-state index contributed by atoms with van der Waals surface area (Å²) in [7, 11) is 0. The van der Waals surface area contributed by atoms with Gasteiger partial charge in [-0.3, -0.25) is 14.4 Å². The van der Waals surface area contributed by atoms with Gasteiger partial charge < -0.3 is 29.5 Å². The van der Waals surface area contributed by atoms with Crippen LogP contribution in [0, 0.1) is 0 Å². The summed E-state index contributed by atoms with van der Waals surface area (Å²) >= 11 is 12.3. The van der Waals surface area contributed by atoms with Crippen molar-refractivity contribution in [3.05, 3.63) is 63.6 Å². The van der Waals surface area contributed by atoms with Crippen LogP contribution in [0.4, 0.5) is 0 Å². The number of carbonyl (C=O) groups is 4. The maximum Gasteiger partial charge on any atom is 0.326 e. The fourth-order valence-electron chi connectivity index (χ4n) is 4.17. The van der Waals surface area contributed by atoms with E-state index in [2.05, 4.69) is 5.32 Å². The number of carbonyl (C=O) groups excluding carboxylic acids is 3. The predicted octanol–water partition coefficient (Wildman–Crippen LogP) is 2.62. The Balaban J connectivity index is 1.34. The Morgan fingerprint density at radius 2 is 1.66 bits per heavy atom. The molecule has 2 aromatic rings. The Morgan fingerprint density at radius 3 is 2.29 bits per heavy atom. The zero-order valence-electron chi connectivity index (χ0n) is 20.2. The van der Waals surface area contributed by atoms with Gasteiger partial charge in [-0.1, -0.05) is 41.4 Å². The Hall–Kier alpha value is -3.18. The summed E-state index contributed by atoms with van der Waals surface area (Å²) in [5.41, 5.74) is 1.28. The van der Waals surface area contributed by atoms with Crippen LogP contribution in [0.25, 0.3) is 0 Å². The second kappa shape index (κ2) is 12.6. The molecule has 2 fully saturated rings. The largest absolute Gasteiger partial charge is 0.489 e. The van der Waals surface area contributed by atoms with Crippen molar-refractivity contribution in [2.75, 3.05) is 19.9 Å². The number of amides is 2. The molecular formula is C26H26Cl2N2O8. The van der Waals surface area contributed by atoms with Gasteiger partial charge in [0.2, 0.25) is 0 Å². The van der Waals surface area contributed by atoms with Crippen LogP contribution in [0.2, 0.25) is 10.0 Å². The summed E-state index contributed by atoms with van der Waals surface area (Å²) in [4.78, 5) is 50.5. The molecule has 0 spiro atoms. The first kappa shape index (κ1) is 27.8. The summed E-state index contributed by atoms with van der Waals surface area (Å²) in [6.07, 6.45) is -2.03. The van der Waals surface area contributed by atoms with Gasteiger partial charge in [-0.2, -0.15) is 0 Å². The minimum Gasteiger partial charge on any atom is -0.489 e. The molecule has 0 saturated carbocycles. The number of rotatable bonds is 9. The summed E-state index contributed by atoms with van der Waals surface area (Å²) in [5, 5.41) is 13.1. The van der Waals surface area contributed by atoms with Crippen LogP contribution in [-0.2, 0) is 41.7 Å². The van der Waals surface area contributed by atoms with E-state index in [4.69, 9.17) is 37.4 Å². The van der Waals surface area contributed by atoms with Crippen LogP contribution in [0.1, 0.15) is 24.0 Å². The predicted molar refractivity (Wildman–Crippen MR) is 136 cm³/mol. The zero-order chi connectivity index (χ0) is 27.2. The van der Waals surface area contributed by atoms with E-state index >= 15 is 0 Å². The molecule has 1 unspecified atom stereocenters. The molecule has 0 bridgehead atoms. The highest BCUT2D eigenvalue weighted by Gasteiger charge is 2.43. The fraction of sp³-hybridized carbons (Fsp3) is 0.385. The second-order valence-electron chi connectivity index (χ2n) is 8.89. The molecule has 2 saturated heterocycles. The van der Waals surface area contributed by atoms with Crippen molar-refractivity contribution in [2.24, 2.45) is 0 Å². The van der Waals surface area contributed by atoms with Gasteiger partial charge in [0.1, 0.15) is 31.0 Å². The smallest absolute Gasteiger partial charge is 0.326 e. The van der Waals surface area contributed by atoms with Crippen LogP contribution >= 0.6 is 23.2 Å². The summed E-state index contributed by atoms with van der Waals surface area (Å²) in [6.45, 7) is 0.367. The molecule has 2 aliphatic heterocycles. The summed E-state index contributed by atoms with van der Waals surface area (Å²) in [5.74, 6) is -1.88. The molecule has 3 atom stereocenters. The van der Waals surface area contributed by atoms with Crippen LogP contribution in [0.3, 0.4) is 0 Å². The quantitative estimate of drug-likeness (QED) is 0.475. The van der Waals surface area contributed by atoms with E-state index in [1.807, 2.05) is 0 Å². The number of ether oxygens (including phenoxy) is 3. The number of nitrogens with zero attached hydrogens (tertiary/aromatic N) is 1. The molecule has 2 aromatic carbocycles. The summed E-state index contributed by atoms with van der Waals surface area (Å²) in [6, 6.07) is 10.6. The molecule has 2 N–H and O–H groups in total. The van der Waals surface area contributed by atoms with E-state index in [1.165, 1.54) is 4.90 Å². The number of ketones is 1. The average molecular weight is 565 g/mol. The molecule has 4 rings (SSSR count). The number of aliphatic carboxylic acids is 1. The molecular weight excluding hydrogens is 539 g/mol. The minimum atomic E-state index is -1.30. The van der Waals surface area contributed by atoms with Crippen molar-refractivity contribution >= 4 is 46.8 Å². The summed E-state index contributed by atoms with van der Waals surface area (Å²) < 4.78 is 16.4. The monoisotopic (exact) mass is 564 g/mol. The lowest BCUT2D eigenvalue weighted by Crippen LogP contribution is -2.53. The van der Waals surface area contributed by atoms with Crippen molar-refractivity contribution in [1.29, 1.82) is 0 Å². The Bertz CT molecular complexity index is 1180. The molecule has 0 radical (unpaired) electrons. The van der Waals surface area contributed by atoms with Crippen LogP contribution in [-0.4, -0.2) is 71.7 Å². The van der Waals surface area contributed by atoms with E-state index in [0.717, 1.165) is 0 Å². The van der Waals surface area contributed by atoms with Gasteiger partial charge in [-0.25, -0.2) is 4.79 Å². The molecule has 2 amide bonds. The molecule has 10 nitrogen and oxygen atoms in total. The number of nitrogens with one attached hydrogen (secondary N) is 1. The van der Waals surface area contributed by atoms with Gasteiger partial charge in [-0.05, 0) is 29.8 Å². The number of piperidine rings is 1. The molecule has 38 heavy (non-hydrogen) atoms. The number of carboxylic acids is 1. The van der Waals surface area contributed by atoms with Crippen LogP contribution in [0.5, 0.6) is 5.75 Å². The first-order valence-electron chi connectivity index (χ1n) is 11.9. The zero-order valence-corrected chi connectivity index (χ0v) is 21.7. The third kappa shape index (κ3) is 6.82. The highest BCUT2D eigenvalue weighted by atomic mass is 35.5. The molecule has 2 aliphatic rings. The van der Waals surface area contributed by atoms with Gasteiger partial charge in [0, 0.05) is 48.0 Å². The van der Waals surface area contributed by atoms with Gasteiger partial charge in [0.05, 0.1) is 0 Å². The lowest BCUT2D eigenvalue weighted by Gasteiger charge is -2.29. The number of benzene rings is 2. The number of hydrogen-bond acceptors (Lipinski definition) is 7. The number of Topliss-reactive ketones (excluding diaryl/α,β-unsaturated/α-hetero) is 1. The lowest BCUT2D eigenvalue weighted by molar-refractivity contribution is -0.148. The molecule has 12 heteroatoms. The van der Waals surface area contributed by atoms with Crippen molar-refractivity contribution in [2.45, 2.75) is 44.1 Å². The van der Waals surface area contributed by atoms with E-state index in [9.17, 15) is 24.3 Å². The van der Waals surface area contributed by atoms with E-state index in [0.29, 0.717) is 26.9 Å². The van der Waals surface area contributed by atoms with Gasteiger partial charge in [-0.15, -0.1) is 0 Å². The van der Waals surface area contributed by atoms with Crippen molar-refractivity contribution in [1.82, 2.24) is 10.2 Å². The Labute approximate surface area is 228 Å². The third-order valence-corrected chi connectivity index (χ3v) is 7.04. The number of halogens is 2. The van der Waals surface area contributed by atoms with E-state index in [1.54, 1.807) is 42.5 Å². The maximum absolute atomic E-state index is 12.9. The van der Waals surface area contributed by atoms with Crippen molar-refractivity contribution in [3.8, 4) is 5.75 Å². The highest BCUT2D eigenvalue weighted by Crippen LogP contribution is 2.26. The number of likely N-dealkylation sites (tertiary alicyclic amines) is 1.